The largest absolute Gasteiger partial charge is 0.391 e. The van der Waals surface area contributed by atoms with Crippen molar-refractivity contribution in [3.05, 3.63) is 42.4 Å². The van der Waals surface area contributed by atoms with Crippen molar-refractivity contribution >= 4 is 11.8 Å². The summed E-state index contributed by atoms with van der Waals surface area (Å²) < 4.78 is 6.03. The third kappa shape index (κ3) is 4.11. The number of nitrogens with zero attached hydrogens (tertiary/aromatic N) is 5. The third-order valence-corrected chi connectivity index (χ3v) is 5.05. The summed E-state index contributed by atoms with van der Waals surface area (Å²) in [5, 5.41) is 9.73. The number of hydrogen-bond donors (Lipinski definition) is 1. The number of ether oxygens (including phenoxy) is 1. The summed E-state index contributed by atoms with van der Waals surface area (Å²) in [6.45, 7) is 3.90. The first-order valence-electron chi connectivity index (χ1n) is 9.29. The molecule has 1 atom stereocenters. The molecular formula is C19H25N5O2. The molecule has 2 fully saturated rings. The Labute approximate surface area is 153 Å². The highest BCUT2D eigenvalue weighted by molar-refractivity contribution is 5.45. The monoisotopic (exact) mass is 355 g/mol. The molecule has 138 valence electrons. The van der Waals surface area contributed by atoms with Gasteiger partial charge in [0.05, 0.1) is 18.8 Å². The van der Waals surface area contributed by atoms with Crippen molar-refractivity contribution in [2.45, 2.75) is 38.1 Å². The number of aliphatic hydroxyl groups excluding tert-OH is 1. The molecule has 1 N–H and O–H groups in total. The molecule has 0 amide bonds. The van der Waals surface area contributed by atoms with Crippen LogP contribution >= 0.6 is 0 Å². The van der Waals surface area contributed by atoms with Crippen LogP contribution in [0.4, 0.5) is 11.8 Å². The molecular weight excluding hydrogens is 330 g/mol. The quantitative estimate of drug-likeness (QED) is 0.874. The molecule has 2 aliphatic heterocycles. The molecule has 2 aromatic heterocycles. The average Bonchev–Trinajstić information content (AvgIpc) is 3.14. The number of piperidine rings is 1. The predicted octanol–water partition coefficient (Wildman–Crippen LogP) is 1.63. The zero-order valence-corrected chi connectivity index (χ0v) is 14.9. The van der Waals surface area contributed by atoms with Crippen LogP contribution in [0.5, 0.6) is 0 Å². The Bertz CT molecular complexity index is 706. The third-order valence-electron chi connectivity index (χ3n) is 5.05. The molecule has 0 aliphatic carbocycles. The van der Waals surface area contributed by atoms with Crippen molar-refractivity contribution in [1.29, 1.82) is 0 Å². The van der Waals surface area contributed by atoms with Gasteiger partial charge in [0.2, 0.25) is 5.95 Å². The first-order valence-corrected chi connectivity index (χ1v) is 9.29. The number of hydrogen-bond acceptors (Lipinski definition) is 7. The molecule has 0 saturated carbocycles. The summed E-state index contributed by atoms with van der Waals surface area (Å²) in [5.74, 6) is 1.68. The molecule has 4 heterocycles. The van der Waals surface area contributed by atoms with E-state index in [1.54, 1.807) is 6.20 Å². The van der Waals surface area contributed by atoms with E-state index in [1.807, 2.05) is 30.6 Å². The Hall–Kier alpha value is -2.25. The maximum absolute atomic E-state index is 9.73. The fourth-order valence-electron chi connectivity index (χ4n) is 3.54. The van der Waals surface area contributed by atoms with E-state index in [4.69, 9.17) is 9.72 Å². The highest BCUT2D eigenvalue weighted by Crippen LogP contribution is 2.23. The van der Waals surface area contributed by atoms with Gasteiger partial charge in [-0.1, -0.05) is 6.07 Å². The molecule has 0 radical (unpaired) electrons. The molecule has 7 heteroatoms. The summed E-state index contributed by atoms with van der Waals surface area (Å²) in [5.41, 5.74) is 1.11. The first kappa shape index (κ1) is 17.2. The molecule has 26 heavy (non-hydrogen) atoms. The number of rotatable bonds is 5. The maximum atomic E-state index is 9.73. The summed E-state index contributed by atoms with van der Waals surface area (Å²) in [6.07, 6.45) is 8.20. The van der Waals surface area contributed by atoms with E-state index in [2.05, 4.69) is 19.8 Å². The van der Waals surface area contributed by atoms with Crippen molar-refractivity contribution in [3.63, 3.8) is 0 Å². The van der Waals surface area contributed by atoms with Crippen LogP contribution in [0.25, 0.3) is 0 Å². The van der Waals surface area contributed by atoms with Crippen LogP contribution in [0.1, 0.15) is 24.8 Å². The average molecular weight is 355 g/mol. The minimum absolute atomic E-state index is 0.249. The van der Waals surface area contributed by atoms with Gasteiger partial charge in [-0.2, -0.15) is 4.98 Å². The molecule has 4 rings (SSSR count). The van der Waals surface area contributed by atoms with Gasteiger partial charge in [-0.05, 0) is 37.0 Å². The normalized spacial score (nSPS) is 21.3. The Kier molecular flexibility index (Phi) is 5.26. The van der Waals surface area contributed by atoms with E-state index in [-0.39, 0.29) is 12.2 Å². The molecule has 2 saturated heterocycles. The second-order valence-corrected chi connectivity index (χ2v) is 6.96. The Morgan fingerprint density at radius 2 is 1.92 bits per heavy atom. The topological polar surface area (TPSA) is 74.6 Å². The van der Waals surface area contributed by atoms with Gasteiger partial charge in [-0.15, -0.1) is 0 Å². The van der Waals surface area contributed by atoms with Crippen molar-refractivity contribution < 1.29 is 9.84 Å². The van der Waals surface area contributed by atoms with Crippen LogP contribution in [0.2, 0.25) is 0 Å². The minimum Gasteiger partial charge on any atom is -0.391 e. The van der Waals surface area contributed by atoms with Gasteiger partial charge in [0.1, 0.15) is 5.82 Å². The van der Waals surface area contributed by atoms with E-state index < -0.39 is 0 Å². The molecule has 2 aromatic rings. The molecule has 0 aromatic carbocycles. The van der Waals surface area contributed by atoms with Gasteiger partial charge in [0, 0.05) is 44.8 Å². The molecule has 2 aliphatic rings. The van der Waals surface area contributed by atoms with Gasteiger partial charge in [0.15, 0.2) is 0 Å². The van der Waals surface area contributed by atoms with Crippen LogP contribution < -0.4 is 9.80 Å². The van der Waals surface area contributed by atoms with Crippen LogP contribution in [-0.2, 0) is 11.3 Å². The lowest BCUT2D eigenvalue weighted by Gasteiger charge is -2.32. The predicted molar refractivity (Wildman–Crippen MR) is 99.1 cm³/mol. The lowest BCUT2D eigenvalue weighted by Crippen LogP contribution is -2.38. The fraction of sp³-hybridized carbons (Fsp3) is 0.526. The lowest BCUT2D eigenvalue weighted by molar-refractivity contribution is 0.0248. The van der Waals surface area contributed by atoms with Crippen molar-refractivity contribution in [2.24, 2.45) is 0 Å². The number of pyridine rings is 1. The van der Waals surface area contributed by atoms with Crippen LogP contribution in [0, 0.1) is 0 Å². The summed E-state index contributed by atoms with van der Waals surface area (Å²) in [6, 6.07) is 5.90. The lowest BCUT2D eigenvalue weighted by atomic mass is 10.1. The Morgan fingerprint density at radius 1 is 1.08 bits per heavy atom. The molecule has 0 spiro atoms. The van der Waals surface area contributed by atoms with E-state index in [9.17, 15) is 5.11 Å². The first-order chi connectivity index (χ1) is 12.8. The van der Waals surface area contributed by atoms with Crippen molar-refractivity contribution in [2.75, 3.05) is 36.0 Å². The van der Waals surface area contributed by atoms with E-state index in [1.165, 1.54) is 0 Å². The molecule has 0 bridgehead atoms. The van der Waals surface area contributed by atoms with Crippen LogP contribution in [-0.4, -0.2) is 58.4 Å². The highest BCUT2D eigenvalue weighted by Gasteiger charge is 2.24. The fourth-order valence-corrected chi connectivity index (χ4v) is 3.54. The second kappa shape index (κ2) is 7.97. The van der Waals surface area contributed by atoms with Gasteiger partial charge in [-0.3, -0.25) is 4.98 Å². The Morgan fingerprint density at radius 3 is 2.65 bits per heavy atom. The van der Waals surface area contributed by atoms with Gasteiger partial charge < -0.3 is 19.6 Å². The molecule has 1 unspecified atom stereocenters. The maximum Gasteiger partial charge on any atom is 0.227 e. The Balaban J connectivity index is 1.30. The number of β-amino-alcohol motifs (C(OH)–C–C–N with tert-alkyl or cyclic N) is 1. The number of aliphatic hydroxyl groups is 1. The van der Waals surface area contributed by atoms with Crippen LogP contribution in [0.15, 0.2) is 36.8 Å². The summed E-state index contributed by atoms with van der Waals surface area (Å²) >= 11 is 0. The van der Waals surface area contributed by atoms with E-state index >= 15 is 0 Å². The van der Waals surface area contributed by atoms with Crippen LogP contribution in [0.3, 0.4) is 0 Å². The summed E-state index contributed by atoms with van der Waals surface area (Å²) in [7, 11) is 0. The molecule has 7 nitrogen and oxygen atoms in total. The SMILES string of the molecule is OC1CCN(c2ccnc(N3CCC(OCc4cccnc4)CC3)n2)C1. The number of anilines is 2. The smallest absolute Gasteiger partial charge is 0.227 e. The highest BCUT2D eigenvalue weighted by atomic mass is 16.5. The zero-order valence-electron chi connectivity index (χ0n) is 14.9. The van der Waals surface area contributed by atoms with Gasteiger partial charge in [0.25, 0.3) is 0 Å². The van der Waals surface area contributed by atoms with Gasteiger partial charge in [-0.25, -0.2) is 4.98 Å². The number of aromatic nitrogens is 3. The standard InChI is InChI=1S/C19H25N5O2/c25-16-4-9-24(13-16)18-3-8-21-19(22-18)23-10-5-17(6-11-23)26-14-15-2-1-7-20-12-15/h1-3,7-8,12,16-17,25H,4-6,9-11,13-14H2. The zero-order chi connectivity index (χ0) is 17.8. The van der Waals surface area contributed by atoms with Gasteiger partial charge >= 0.3 is 0 Å². The van der Waals surface area contributed by atoms with Crippen molar-refractivity contribution in [3.8, 4) is 0 Å². The summed E-state index contributed by atoms with van der Waals surface area (Å²) in [4.78, 5) is 17.6. The van der Waals surface area contributed by atoms with E-state index in [0.29, 0.717) is 13.2 Å². The van der Waals surface area contributed by atoms with E-state index in [0.717, 1.165) is 56.2 Å². The second-order valence-electron chi connectivity index (χ2n) is 6.96. The van der Waals surface area contributed by atoms with Crippen molar-refractivity contribution in [1.82, 2.24) is 15.0 Å². The minimum atomic E-state index is -0.249.